The minimum Gasteiger partial charge on any atom is -0.477 e. The Hall–Kier alpha value is -3.36. The summed E-state index contributed by atoms with van der Waals surface area (Å²) < 4.78 is 2.85. The predicted octanol–water partition coefficient (Wildman–Crippen LogP) is 5.71. The summed E-state index contributed by atoms with van der Waals surface area (Å²) in [7, 11) is 1.71. The Morgan fingerprint density at radius 2 is 1.86 bits per heavy atom. The molecule has 0 radical (unpaired) electrons. The third-order valence-corrected chi connectivity index (χ3v) is 6.09. The molecule has 0 bridgehead atoms. The van der Waals surface area contributed by atoms with Crippen molar-refractivity contribution in [1.82, 2.24) is 4.57 Å². The number of nitrogens with zero attached hydrogens (tertiary/aromatic N) is 2. The van der Waals surface area contributed by atoms with Gasteiger partial charge in [-0.25, -0.2) is 4.79 Å². The number of carboxylic acids is 1. The number of carboxylic acid groups (broad SMARTS) is 1. The van der Waals surface area contributed by atoms with E-state index in [0.29, 0.717) is 17.5 Å². The molecule has 4 aromatic rings. The third-order valence-electron chi connectivity index (χ3n) is 5.13. The van der Waals surface area contributed by atoms with Crippen molar-refractivity contribution in [3.63, 3.8) is 0 Å². The third kappa shape index (κ3) is 2.70. The van der Waals surface area contributed by atoms with Gasteiger partial charge in [-0.3, -0.25) is 0 Å². The van der Waals surface area contributed by atoms with Crippen LogP contribution in [0.2, 0.25) is 0 Å². The molecule has 138 valence electrons. The lowest BCUT2D eigenvalue weighted by molar-refractivity contribution is 0.0687. The zero-order valence-electron chi connectivity index (χ0n) is 15.6. The molecule has 4 rings (SSSR count). The molecule has 0 saturated heterocycles. The van der Waals surface area contributed by atoms with Gasteiger partial charge < -0.3 is 9.67 Å². The van der Waals surface area contributed by atoms with Crippen molar-refractivity contribution < 1.29 is 9.90 Å². The maximum absolute atomic E-state index is 11.9. The molecular formula is C23H18N2O2S. The minimum absolute atomic E-state index is 0.154. The van der Waals surface area contributed by atoms with Crippen LogP contribution >= 0.6 is 11.3 Å². The van der Waals surface area contributed by atoms with Gasteiger partial charge >= 0.3 is 5.97 Å². The highest BCUT2D eigenvalue weighted by Crippen LogP contribution is 2.36. The fourth-order valence-corrected chi connectivity index (χ4v) is 4.77. The monoisotopic (exact) mass is 386 g/mol. The molecule has 0 fully saturated rings. The first-order valence-corrected chi connectivity index (χ1v) is 9.86. The molecule has 0 spiro atoms. The maximum Gasteiger partial charge on any atom is 0.353 e. The molecule has 2 aromatic carbocycles. The largest absolute Gasteiger partial charge is 0.477 e. The van der Waals surface area contributed by atoms with Gasteiger partial charge in [0.05, 0.1) is 5.56 Å². The van der Waals surface area contributed by atoms with Crippen LogP contribution in [-0.2, 0) is 13.5 Å². The van der Waals surface area contributed by atoms with Crippen LogP contribution in [0.15, 0.2) is 53.9 Å². The molecule has 4 nitrogen and oxygen atoms in total. The van der Waals surface area contributed by atoms with E-state index in [1.165, 1.54) is 10.1 Å². The summed E-state index contributed by atoms with van der Waals surface area (Å²) >= 11 is 1.71. The van der Waals surface area contributed by atoms with E-state index in [9.17, 15) is 15.2 Å². The van der Waals surface area contributed by atoms with E-state index < -0.39 is 5.97 Å². The first-order valence-electron chi connectivity index (χ1n) is 8.98. The first kappa shape index (κ1) is 18.0. The second-order valence-electron chi connectivity index (χ2n) is 6.60. The normalized spacial score (nSPS) is 10.9. The minimum atomic E-state index is -1.03. The topological polar surface area (TPSA) is 66.0 Å². The highest BCUT2D eigenvalue weighted by atomic mass is 32.1. The van der Waals surface area contributed by atoms with Crippen LogP contribution in [0.25, 0.3) is 32.3 Å². The number of thiophene rings is 1. The van der Waals surface area contributed by atoms with Gasteiger partial charge in [-0.1, -0.05) is 49.4 Å². The number of rotatable bonds is 4. The van der Waals surface area contributed by atoms with Crippen molar-refractivity contribution in [3.8, 4) is 28.3 Å². The van der Waals surface area contributed by atoms with Crippen molar-refractivity contribution in [1.29, 1.82) is 5.26 Å². The van der Waals surface area contributed by atoms with E-state index >= 15 is 0 Å². The molecule has 1 N–H and O–H groups in total. The van der Waals surface area contributed by atoms with Gasteiger partial charge in [-0.2, -0.15) is 5.26 Å². The Kier molecular flexibility index (Phi) is 4.50. The van der Waals surface area contributed by atoms with Gasteiger partial charge in [0.2, 0.25) is 0 Å². The predicted molar refractivity (Wildman–Crippen MR) is 113 cm³/mol. The Morgan fingerprint density at radius 3 is 2.50 bits per heavy atom. The van der Waals surface area contributed by atoms with Gasteiger partial charge in [0.1, 0.15) is 11.8 Å². The van der Waals surface area contributed by atoms with Crippen LogP contribution in [0.4, 0.5) is 0 Å². The summed E-state index contributed by atoms with van der Waals surface area (Å²) in [4.78, 5) is 11.9. The number of nitriles is 1. The highest BCUT2D eigenvalue weighted by Gasteiger charge is 2.25. The molecule has 5 heteroatoms. The van der Waals surface area contributed by atoms with Crippen LogP contribution in [0.1, 0.15) is 28.7 Å². The molecule has 0 unspecified atom stereocenters. The van der Waals surface area contributed by atoms with E-state index in [1.807, 2.05) is 37.3 Å². The number of benzene rings is 2. The highest BCUT2D eigenvalue weighted by molar-refractivity contribution is 7.17. The summed E-state index contributed by atoms with van der Waals surface area (Å²) in [6.45, 7) is 1.93. The Balaban J connectivity index is 1.88. The molecule has 0 aliphatic carbocycles. The van der Waals surface area contributed by atoms with Crippen molar-refractivity contribution in [2.24, 2.45) is 7.05 Å². The molecular weight excluding hydrogens is 368 g/mol. The number of aromatic nitrogens is 1. The number of hydrogen-bond donors (Lipinski definition) is 1. The number of aromatic carboxylic acids is 1. The van der Waals surface area contributed by atoms with Crippen LogP contribution < -0.4 is 0 Å². The molecule has 0 saturated carbocycles. The van der Waals surface area contributed by atoms with Crippen molar-refractivity contribution in [3.05, 3.63) is 70.9 Å². The number of fused-ring (bicyclic) bond motifs is 1. The second kappa shape index (κ2) is 6.99. The van der Waals surface area contributed by atoms with Crippen LogP contribution in [0.5, 0.6) is 0 Å². The Morgan fingerprint density at radius 1 is 1.14 bits per heavy atom. The van der Waals surface area contributed by atoms with Crippen molar-refractivity contribution in [2.75, 3.05) is 0 Å². The van der Waals surface area contributed by atoms with Gasteiger partial charge in [0, 0.05) is 23.0 Å². The average molecular weight is 386 g/mol. The van der Waals surface area contributed by atoms with Crippen LogP contribution in [0, 0.1) is 11.3 Å². The number of carbonyl (C=O) groups is 1. The SMILES string of the molecule is CCc1c(C#N)c(-c2ccc(-c3cccc4ccsc34)cc2)c(C(=O)O)n1C. The van der Waals surface area contributed by atoms with Crippen molar-refractivity contribution in [2.45, 2.75) is 13.3 Å². The summed E-state index contributed by atoms with van der Waals surface area (Å²) in [5, 5.41) is 22.7. The lowest BCUT2D eigenvalue weighted by atomic mass is 9.97. The van der Waals surface area contributed by atoms with E-state index in [4.69, 9.17) is 0 Å². The fourth-order valence-electron chi connectivity index (χ4n) is 3.84. The van der Waals surface area contributed by atoms with Crippen LogP contribution in [-0.4, -0.2) is 15.6 Å². The first-order chi connectivity index (χ1) is 13.6. The van der Waals surface area contributed by atoms with E-state index in [0.717, 1.165) is 22.4 Å². The summed E-state index contributed by atoms with van der Waals surface area (Å²) in [6, 6.07) is 18.4. The summed E-state index contributed by atoms with van der Waals surface area (Å²) in [5.41, 5.74) is 4.79. The van der Waals surface area contributed by atoms with Gasteiger partial charge in [0.25, 0.3) is 0 Å². The van der Waals surface area contributed by atoms with Gasteiger partial charge in [0.15, 0.2) is 0 Å². The van der Waals surface area contributed by atoms with Crippen molar-refractivity contribution >= 4 is 27.4 Å². The quantitative estimate of drug-likeness (QED) is 0.489. The van der Waals surface area contributed by atoms with E-state index in [-0.39, 0.29) is 5.69 Å². The average Bonchev–Trinajstić information content (AvgIpc) is 3.29. The lowest BCUT2D eigenvalue weighted by Crippen LogP contribution is -2.07. The molecule has 28 heavy (non-hydrogen) atoms. The molecule has 0 aliphatic rings. The van der Waals surface area contributed by atoms with Gasteiger partial charge in [-0.15, -0.1) is 11.3 Å². The van der Waals surface area contributed by atoms with Gasteiger partial charge in [-0.05, 0) is 39.9 Å². The molecule has 2 aromatic heterocycles. The zero-order chi connectivity index (χ0) is 19.8. The molecule has 0 atom stereocenters. The summed E-state index contributed by atoms with van der Waals surface area (Å²) in [6.07, 6.45) is 0.595. The second-order valence-corrected chi connectivity index (χ2v) is 7.51. The lowest BCUT2D eigenvalue weighted by Gasteiger charge is -2.07. The standard InChI is InChI=1S/C23H18N2O2S/c1-3-19-18(13-24)20(21(23(26)27)25(19)2)15-9-7-14(8-10-15)17-6-4-5-16-11-12-28-22(16)17/h4-12H,3H2,1-2H3,(H,26,27). The van der Waals surface area contributed by atoms with E-state index in [1.54, 1.807) is 23.0 Å². The maximum atomic E-state index is 11.9. The molecule has 2 heterocycles. The zero-order valence-corrected chi connectivity index (χ0v) is 16.4. The van der Waals surface area contributed by atoms with E-state index in [2.05, 4.69) is 29.6 Å². The summed E-state index contributed by atoms with van der Waals surface area (Å²) in [5.74, 6) is -1.03. The molecule has 0 amide bonds. The Labute approximate surface area is 166 Å². The molecule has 0 aliphatic heterocycles. The van der Waals surface area contributed by atoms with Crippen LogP contribution in [0.3, 0.4) is 0 Å². The smallest absolute Gasteiger partial charge is 0.353 e. The fraction of sp³-hybridized carbons (Fsp3) is 0.130. The number of hydrogen-bond acceptors (Lipinski definition) is 3. The Bertz CT molecular complexity index is 1240.